The Kier molecular flexibility index (Phi) is 4.02. The maximum Gasteiger partial charge on any atom is 0.0110 e. The number of hydrogen-bond donors (Lipinski definition) is 0. The quantitative estimate of drug-likeness (QED) is 0.624. The minimum atomic E-state index is 0.602. The van der Waals surface area contributed by atoms with Gasteiger partial charge in [-0.25, -0.2) is 0 Å². The molecule has 0 amide bonds. The summed E-state index contributed by atoms with van der Waals surface area (Å²) in [5.41, 5.74) is 0. The molecule has 12 heavy (non-hydrogen) atoms. The molecule has 0 saturated carbocycles. The predicted molar refractivity (Wildman–Crippen MR) is 53.1 cm³/mol. The van der Waals surface area contributed by atoms with Gasteiger partial charge in [0.1, 0.15) is 0 Å². The van der Waals surface area contributed by atoms with Gasteiger partial charge in [0.05, 0.1) is 0 Å². The van der Waals surface area contributed by atoms with Crippen LogP contribution >= 0.6 is 0 Å². The van der Waals surface area contributed by atoms with Crippen LogP contribution < -0.4 is 0 Å². The molecule has 1 radical (unpaired) electrons. The van der Waals surface area contributed by atoms with Crippen LogP contribution in [-0.4, -0.2) is 49.6 Å². The van der Waals surface area contributed by atoms with Crippen molar-refractivity contribution in [1.82, 2.24) is 9.80 Å². The van der Waals surface area contributed by atoms with Gasteiger partial charge in [0.15, 0.2) is 0 Å². The van der Waals surface area contributed by atoms with E-state index in [4.69, 9.17) is 0 Å². The molecule has 0 aromatic heterocycles. The summed E-state index contributed by atoms with van der Waals surface area (Å²) in [6, 6.07) is 0. The molecule has 0 aromatic carbocycles. The van der Waals surface area contributed by atoms with Crippen molar-refractivity contribution in [2.75, 3.05) is 39.8 Å². The Bertz CT molecular complexity index is 115. The van der Waals surface area contributed by atoms with E-state index >= 15 is 0 Å². The molecular weight excluding hydrogens is 148 g/mol. The first-order valence-electron chi connectivity index (χ1n) is 4.92. The zero-order valence-electron chi connectivity index (χ0n) is 8.42. The lowest BCUT2D eigenvalue weighted by Crippen LogP contribution is -2.44. The second-order valence-electron chi connectivity index (χ2n) is 4.04. The molecule has 1 fully saturated rings. The third kappa shape index (κ3) is 3.55. The van der Waals surface area contributed by atoms with Crippen LogP contribution in [0.2, 0.25) is 0 Å². The van der Waals surface area contributed by atoms with E-state index in [1.54, 1.807) is 0 Å². The molecule has 1 unspecified atom stereocenters. The molecule has 2 nitrogen and oxygen atoms in total. The number of rotatable bonds is 3. The van der Waals surface area contributed by atoms with Gasteiger partial charge in [-0.3, -0.25) is 0 Å². The van der Waals surface area contributed by atoms with E-state index in [9.17, 15) is 0 Å². The van der Waals surface area contributed by atoms with Crippen molar-refractivity contribution < 1.29 is 0 Å². The average Bonchev–Trinajstić information content (AvgIpc) is 2.03. The van der Waals surface area contributed by atoms with Crippen LogP contribution in [0, 0.1) is 12.8 Å². The fourth-order valence-corrected chi connectivity index (χ4v) is 1.47. The van der Waals surface area contributed by atoms with Gasteiger partial charge in [-0.15, -0.1) is 0 Å². The molecule has 0 aromatic rings. The van der Waals surface area contributed by atoms with Crippen LogP contribution in [0.4, 0.5) is 0 Å². The standard InChI is InChI=1S/C10H21N2/c1-10(2)4-5-12-8-6-11(3)7-9-12/h10H,1,4-9H2,2-3H3. The Labute approximate surface area is 76.5 Å². The van der Waals surface area contributed by atoms with Gasteiger partial charge in [-0.1, -0.05) is 13.8 Å². The highest BCUT2D eigenvalue weighted by Crippen LogP contribution is 2.04. The number of likely N-dealkylation sites (N-methyl/N-ethyl adjacent to an activating group) is 1. The summed E-state index contributed by atoms with van der Waals surface area (Å²) in [7, 11) is 2.20. The molecule has 1 aliphatic heterocycles. The first-order chi connectivity index (χ1) is 5.68. The van der Waals surface area contributed by atoms with Crippen LogP contribution in [0.25, 0.3) is 0 Å². The van der Waals surface area contributed by atoms with E-state index in [1.807, 2.05) is 0 Å². The Morgan fingerprint density at radius 2 is 1.83 bits per heavy atom. The van der Waals surface area contributed by atoms with Gasteiger partial charge in [-0.05, 0) is 25.9 Å². The number of piperazine rings is 1. The van der Waals surface area contributed by atoms with E-state index in [1.165, 1.54) is 39.1 Å². The first-order valence-corrected chi connectivity index (χ1v) is 4.92. The van der Waals surface area contributed by atoms with E-state index in [0.29, 0.717) is 5.92 Å². The van der Waals surface area contributed by atoms with Gasteiger partial charge in [0, 0.05) is 26.2 Å². The highest BCUT2D eigenvalue weighted by atomic mass is 15.2. The third-order valence-corrected chi connectivity index (χ3v) is 2.53. The zero-order chi connectivity index (χ0) is 8.97. The van der Waals surface area contributed by atoms with Crippen LogP contribution in [-0.2, 0) is 0 Å². The Morgan fingerprint density at radius 1 is 1.25 bits per heavy atom. The third-order valence-electron chi connectivity index (χ3n) is 2.53. The monoisotopic (exact) mass is 169 g/mol. The summed E-state index contributed by atoms with van der Waals surface area (Å²) in [5.74, 6) is 0.602. The molecule has 1 saturated heterocycles. The predicted octanol–water partition coefficient (Wildman–Crippen LogP) is 1.09. The summed E-state index contributed by atoms with van der Waals surface area (Å²) < 4.78 is 0. The molecule has 2 heteroatoms. The van der Waals surface area contributed by atoms with Crippen molar-refractivity contribution in [3.63, 3.8) is 0 Å². The SMILES string of the molecule is [CH2]C(C)CCN1CCN(C)CC1. The molecule has 1 heterocycles. The van der Waals surface area contributed by atoms with E-state index in [0.717, 1.165) is 0 Å². The Balaban J connectivity index is 2.09. The summed E-state index contributed by atoms with van der Waals surface area (Å²) in [4.78, 5) is 4.94. The Hall–Kier alpha value is -0.0800. The van der Waals surface area contributed by atoms with Gasteiger partial charge >= 0.3 is 0 Å². The minimum Gasteiger partial charge on any atom is -0.304 e. The zero-order valence-corrected chi connectivity index (χ0v) is 8.42. The summed E-state index contributed by atoms with van der Waals surface area (Å²) >= 11 is 0. The highest BCUT2D eigenvalue weighted by Gasteiger charge is 2.12. The molecule has 1 rings (SSSR count). The van der Waals surface area contributed by atoms with Crippen molar-refractivity contribution in [2.45, 2.75) is 13.3 Å². The maximum absolute atomic E-state index is 4.00. The lowest BCUT2D eigenvalue weighted by atomic mass is 10.1. The lowest BCUT2D eigenvalue weighted by molar-refractivity contribution is 0.150. The van der Waals surface area contributed by atoms with Crippen LogP contribution in [0.15, 0.2) is 0 Å². The van der Waals surface area contributed by atoms with Gasteiger partial charge in [-0.2, -0.15) is 0 Å². The van der Waals surface area contributed by atoms with Crippen LogP contribution in [0.5, 0.6) is 0 Å². The van der Waals surface area contributed by atoms with Gasteiger partial charge in [0.25, 0.3) is 0 Å². The molecular formula is C10H21N2. The van der Waals surface area contributed by atoms with Crippen molar-refractivity contribution in [1.29, 1.82) is 0 Å². The van der Waals surface area contributed by atoms with Gasteiger partial charge < -0.3 is 9.80 Å². The largest absolute Gasteiger partial charge is 0.304 e. The smallest absolute Gasteiger partial charge is 0.0110 e. The van der Waals surface area contributed by atoms with E-state index in [-0.39, 0.29) is 0 Å². The van der Waals surface area contributed by atoms with E-state index < -0.39 is 0 Å². The second-order valence-corrected chi connectivity index (χ2v) is 4.04. The molecule has 0 spiro atoms. The summed E-state index contributed by atoms with van der Waals surface area (Å²) in [6.45, 7) is 12.4. The minimum absolute atomic E-state index is 0.602. The molecule has 0 aliphatic carbocycles. The van der Waals surface area contributed by atoms with E-state index in [2.05, 4.69) is 30.7 Å². The molecule has 0 N–H and O–H groups in total. The van der Waals surface area contributed by atoms with Crippen LogP contribution in [0.1, 0.15) is 13.3 Å². The summed E-state index contributed by atoms with van der Waals surface area (Å²) in [6.07, 6.45) is 1.24. The average molecular weight is 169 g/mol. The highest BCUT2D eigenvalue weighted by molar-refractivity contribution is 4.70. The topological polar surface area (TPSA) is 6.48 Å². The van der Waals surface area contributed by atoms with Crippen molar-refractivity contribution >= 4 is 0 Å². The summed E-state index contributed by atoms with van der Waals surface area (Å²) in [5, 5.41) is 0. The molecule has 71 valence electrons. The number of hydrogen-bond acceptors (Lipinski definition) is 2. The fraction of sp³-hybridized carbons (Fsp3) is 0.900. The van der Waals surface area contributed by atoms with Crippen molar-refractivity contribution in [3.8, 4) is 0 Å². The lowest BCUT2D eigenvalue weighted by Gasteiger charge is -2.32. The maximum atomic E-state index is 4.00. The van der Waals surface area contributed by atoms with Crippen molar-refractivity contribution in [3.05, 3.63) is 6.92 Å². The van der Waals surface area contributed by atoms with Gasteiger partial charge in [0.2, 0.25) is 0 Å². The second kappa shape index (κ2) is 4.83. The molecule has 1 atom stereocenters. The normalized spacial score (nSPS) is 22.0. The van der Waals surface area contributed by atoms with Crippen molar-refractivity contribution in [2.24, 2.45) is 5.92 Å². The Morgan fingerprint density at radius 3 is 2.33 bits per heavy atom. The first kappa shape index (κ1) is 10.0. The molecule has 0 bridgehead atoms. The van der Waals surface area contributed by atoms with Crippen LogP contribution in [0.3, 0.4) is 0 Å². The number of nitrogens with zero attached hydrogens (tertiary/aromatic N) is 2. The fourth-order valence-electron chi connectivity index (χ4n) is 1.47. The molecule has 1 aliphatic rings.